The fourth-order valence-corrected chi connectivity index (χ4v) is 2.94. The van der Waals surface area contributed by atoms with E-state index in [1.54, 1.807) is 42.9 Å². The molecule has 28 heavy (non-hydrogen) atoms. The van der Waals surface area contributed by atoms with Gasteiger partial charge in [-0.3, -0.25) is 9.78 Å². The Kier molecular flexibility index (Phi) is 5.08. The summed E-state index contributed by atoms with van der Waals surface area (Å²) in [5, 5.41) is 5.44. The van der Waals surface area contributed by atoms with Crippen molar-refractivity contribution in [2.24, 2.45) is 5.10 Å². The molecule has 4 aromatic rings. The maximum atomic E-state index is 12.8. The number of hydrogen-bond acceptors (Lipinski definition) is 4. The van der Waals surface area contributed by atoms with Crippen molar-refractivity contribution in [2.75, 3.05) is 0 Å². The average molecular weight is 387 g/mol. The van der Waals surface area contributed by atoms with Gasteiger partial charge in [-0.2, -0.15) is 5.10 Å². The summed E-state index contributed by atoms with van der Waals surface area (Å²) in [5.41, 5.74) is 6.18. The van der Waals surface area contributed by atoms with E-state index in [0.29, 0.717) is 16.3 Å². The summed E-state index contributed by atoms with van der Waals surface area (Å²) in [6, 6.07) is 20.3. The number of pyridine rings is 2. The van der Waals surface area contributed by atoms with Crippen LogP contribution in [-0.4, -0.2) is 22.1 Å². The Labute approximate surface area is 166 Å². The number of nitrogens with one attached hydrogen (secondary N) is 1. The van der Waals surface area contributed by atoms with Crippen molar-refractivity contribution in [2.45, 2.75) is 0 Å². The number of halogens is 1. The van der Waals surface area contributed by atoms with E-state index in [9.17, 15) is 4.79 Å². The van der Waals surface area contributed by atoms with Crippen molar-refractivity contribution in [1.82, 2.24) is 15.4 Å². The average Bonchev–Trinajstić information content (AvgIpc) is 2.74. The van der Waals surface area contributed by atoms with E-state index in [2.05, 4.69) is 20.5 Å². The summed E-state index contributed by atoms with van der Waals surface area (Å²) in [7, 11) is 0. The van der Waals surface area contributed by atoms with Crippen molar-refractivity contribution >= 4 is 34.6 Å². The fraction of sp³-hybridized carbons (Fsp3) is 0. The van der Waals surface area contributed by atoms with Gasteiger partial charge in [0.15, 0.2) is 0 Å². The lowest BCUT2D eigenvalue weighted by atomic mass is 10.0. The number of benzene rings is 2. The Morgan fingerprint density at radius 1 is 1.04 bits per heavy atom. The van der Waals surface area contributed by atoms with Crippen LogP contribution in [0.5, 0.6) is 0 Å². The van der Waals surface area contributed by atoms with Gasteiger partial charge in [0.25, 0.3) is 5.91 Å². The largest absolute Gasteiger partial charge is 0.272 e. The van der Waals surface area contributed by atoms with Crippen molar-refractivity contribution in [1.29, 1.82) is 0 Å². The predicted octanol–water partition coefficient (Wildman–Crippen LogP) is 4.71. The normalized spacial score (nSPS) is 11.0. The molecule has 0 fully saturated rings. The first-order chi connectivity index (χ1) is 13.7. The van der Waals surface area contributed by atoms with Crippen LogP contribution in [0.1, 0.15) is 15.9 Å². The molecule has 0 radical (unpaired) electrons. The molecule has 2 heterocycles. The first kappa shape index (κ1) is 17.8. The number of hydrazone groups is 1. The highest BCUT2D eigenvalue weighted by molar-refractivity contribution is 6.30. The molecular weight excluding hydrogens is 372 g/mol. The van der Waals surface area contributed by atoms with Crippen LogP contribution in [0, 0.1) is 0 Å². The second kappa shape index (κ2) is 7.98. The van der Waals surface area contributed by atoms with Gasteiger partial charge in [0, 0.05) is 33.9 Å². The Balaban J connectivity index is 1.69. The number of carbonyl (C=O) groups excluding carboxylic acids is 1. The van der Waals surface area contributed by atoms with Crippen molar-refractivity contribution in [3.63, 3.8) is 0 Å². The van der Waals surface area contributed by atoms with Crippen molar-refractivity contribution in [3.8, 4) is 11.3 Å². The molecule has 6 heteroatoms. The standard InChI is InChI=1S/C22H15ClN4O/c23-17-9-7-16(8-10-17)21-12-19(18-5-1-2-6-20(18)26-21)22(28)27-25-14-15-4-3-11-24-13-15/h1-14H,(H,27,28). The number of carbonyl (C=O) groups is 1. The quantitative estimate of drug-likeness (QED) is 0.408. The summed E-state index contributed by atoms with van der Waals surface area (Å²) >= 11 is 5.98. The van der Waals surface area contributed by atoms with E-state index in [0.717, 1.165) is 22.0 Å². The lowest BCUT2D eigenvalue weighted by Gasteiger charge is -2.09. The summed E-state index contributed by atoms with van der Waals surface area (Å²) < 4.78 is 0. The van der Waals surface area contributed by atoms with E-state index in [1.807, 2.05) is 42.5 Å². The number of hydrogen-bond donors (Lipinski definition) is 1. The third-order valence-corrected chi connectivity index (χ3v) is 4.42. The van der Waals surface area contributed by atoms with Crippen LogP contribution >= 0.6 is 11.6 Å². The second-order valence-corrected chi connectivity index (χ2v) is 6.50. The van der Waals surface area contributed by atoms with E-state index < -0.39 is 0 Å². The van der Waals surface area contributed by atoms with Gasteiger partial charge >= 0.3 is 0 Å². The van der Waals surface area contributed by atoms with Gasteiger partial charge in [0.1, 0.15) is 0 Å². The van der Waals surface area contributed by atoms with Gasteiger partial charge in [-0.25, -0.2) is 10.4 Å². The minimum atomic E-state index is -0.311. The van der Waals surface area contributed by atoms with Gasteiger partial charge < -0.3 is 0 Å². The molecule has 0 aliphatic rings. The Morgan fingerprint density at radius 2 is 1.86 bits per heavy atom. The molecular formula is C22H15ClN4O. The molecule has 1 amide bonds. The smallest absolute Gasteiger partial charge is 0.267 e. The number of fused-ring (bicyclic) bond motifs is 1. The molecule has 5 nitrogen and oxygen atoms in total. The lowest BCUT2D eigenvalue weighted by Crippen LogP contribution is -2.18. The fourth-order valence-electron chi connectivity index (χ4n) is 2.81. The minimum absolute atomic E-state index is 0.311. The minimum Gasteiger partial charge on any atom is -0.267 e. The van der Waals surface area contributed by atoms with Gasteiger partial charge in [0.05, 0.1) is 23.0 Å². The SMILES string of the molecule is O=C(NN=Cc1cccnc1)c1cc(-c2ccc(Cl)cc2)nc2ccccc12. The third kappa shape index (κ3) is 3.89. The topological polar surface area (TPSA) is 67.2 Å². The van der Waals surface area contributed by atoms with Crippen LogP contribution in [0.15, 0.2) is 84.2 Å². The number of rotatable bonds is 4. The molecule has 0 aliphatic carbocycles. The van der Waals surface area contributed by atoms with Gasteiger partial charge in [-0.05, 0) is 30.3 Å². The highest BCUT2D eigenvalue weighted by atomic mass is 35.5. The molecule has 0 aliphatic heterocycles. The molecule has 0 saturated heterocycles. The number of nitrogens with zero attached hydrogens (tertiary/aromatic N) is 3. The summed E-state index contributed by atoms with van der Waals surface area (Å²) in [5.74, 6) is -0.311. The summed E-state index contributed by atoms with van der Waals surface area (Å²) in [6.45, 7) is 0. The lowest BCUT2D eigenvalue weighted by molar-refractivity contribution is 0.0956. The van der Waals surface area contributed by atoms with E-state index in [-0.39, 0.29) is 5.91 Å². The maximum absolute atomic E-state index is 12.8. The highest BCUT2D eigenvalue weighted by Crippen LogP contribution is 2.25. The molecule has 1 N–H and O–H groups in total. The molecule has 0 atom stereocenters. The maximum Gasteiger partial charge on any atom is 0.272 e. The van der Waals surface area contributed by atoms with Crippen molar-refractivity contribution < 1.29 is 4.79 Å². The Hall–Kier alpha value is -3.57. The van der Waals surface area contributed by atoms with Crippen LogP contribution in [-0.2, 0) is 0 Å². The zero-order valence-electron chi connectivity index (χ0n) is 14.7. The third-order valence-electron chi connectivity index (χ3n) is 4.16. The zero-order valence-corrected chi connectivity index (χ0v) is 15.5. The van der Waals surface area contributed by atoms with E-state index >= 15 is 0 Å². The summed E-state index contributed by atoms with van der Waals surface area (Å²) in [4.78, 5) is 21.5. The first-order valence-corrected chi connectivity index (χ1v) is 8.98. The molecule has 2 aromatic heterocycles. The molecule has 0 spiro atoms. The van der Waals surface area contributed by atoms with E-state index in [1.165, 1.54) is 0 Å². The first-order valence-electron chi connectivity index (χ1n) is 8.60. The van der Waals surface area contributed by atoms with E-state index in [4.69, 9.17) is 11.6 Å². The van der Waals surface area contributed by atoms with Crippen LogP contribution < -0.4 is 5.43 Å². The van der Waals surface area contributed by atoms with Crippen molar-refractivity contribution in [3.05, 3.63) is 95.3 Å². The molecule has 0 unspecified atom stereocenters. The number of para-hydroxylation sites is 1. The molecule has 136 valence electrons. The molecule has 2 aromatic carbocycles. The molecule has 0 saturated carbocycles. The molecule has 0 bridgehead atoms. The summed E-state index contributed by atoms with van der Waals surface area (Å²) in [6.07, 6.45) is 4.89. The molecule has 4 rings (SSSR count). The van der Waals surface area contributed by atoms with Crippen LogP contribution in [0.4, 0.5) is 0 Å². The van der Waals surface area contributed by atoms with Crippen LogP contribution in [0.25, 0.3) is 22.2 Å². The Bertz CT molecular complexity index is 1160. The number of aromatic nitrogens is 2. The van der Waals surface area contributed by atoms with Crippen LogP contribution in [0.3, 0.4) is 0 Å². The Morgan fingerprint density at radius 3 is 2.64 bits per heavy atom. The highest BCUT2D eigenvalue weighted by Gasteiger charge is 2.13. The zero-order chi connectivity index (χ0) is 19.3. The van der Waals surface area contributed by atoms with Crippen LogP contribution in [0.2, 0.25) is 5.02 Å². The van der Waals surface area contributed by atoms with Gasteiger partial charge in [0.2, 0.25) is 0 Å². The van der Waals surface area contributed by atoms with Gasteiger partial charge in [-0.15, -0.1) is 0 Å². The monoisotopic (exact) mass is 386 g/mol. The second-order valence-electron chi connectivity index (χ2n) is 6.06. The van der Waals surface area contributed by atoms with Gasteiger partial charge in [-0.1, -0.05) is 48.0 Å². The predicted molar refractivity (Wildman–Crippen MR) is 111 cm³/mol. The number of amides is 1.